The Morgan fingerprint density at radius 2 is 2.33 bits per heavy atom. The summed E-state index contributed by atoms with van der Waals surface area (Å²) in [4.78, 5) is 16.6. The van der Waals surface area contributed by atoms with Gasteiger partial charge in [-0.1, -0.05) is 5.21 Å². The van der Waals surface area contributed by atoms with Gasteiger partial charge in [0.15, 0.2) is 5.82 Å². The first-order valence-corrected chi connectivity index (χ1v) is 7.61. The molecule has 0 aromatic carbocycles. The van der Waals surface area contributed by atoms with Gasteiger partial charge in [0.1, 0.15) is 5.69 Å². The standard InChI is InChI=1S/C12H10BrN5O2S/c1-17-3-2-14-11(17)10-9(12(19)20)15-16-18(10)5-8-4-7(13)6-21-8/h2-4,6H,5H2,1H3,(H,19,20). The summed E-state index contributed by atoms with van der Waals surface area (Å²) in [5, 5.41) is 19.0. The molecule has 0 aliphatic rings. The first-order valence-electron chi connectivity index (χ1n) is 5.93. The van der Waals surface area contributed by atoms with Gasteiger partial charge in [-0.2, -0.15) is 0 Å². The predicted octanol–water partition coefficient (Wildman–Crippen LogP) is 2.25. The number of imidazole rings is 1. The topological polar surface area (TPSA) is 85.8 Å². The Balaban J connectivity index is 2.09. The molecule has 3 heterocycles. The van der Waals surface area contributed by atoms with E-state index in [0.717, 1.165) is 9.35 Å². The lowest BCUT2D eigenvalue weighted by atomic mass is 10.3. The molecule has 0 saturated carbocycles. The van der Waals surface area contributed by atoms with Crippen LogP contribution in [0, 0.1) is 0 Å². The van der Waals surface area contributed by atoms with Crippen molar-refractivity contribution in [3.8, 4) is 11.5 Å². The van der Waals surface area contributed by atoms with Gasteiger partial charge in [0, 0.05) is 34.2 Å². The van der Waals surface area contributed by atoms with Crippen molar-refractivity contribution < 1.29 is 9.90 Å². The lowest BCUT2D eigenvalue weighted by Crippen LogP contribution is -2.08. The lowest BCUT2D eigenvalue weighted by Gasteiger charge is -2.06. The van der Waals surface area contributed by atoms with Crippen molar-refractivity contribution in [2.45, 2.75) is 6.54 Å². The molecule has 0 bridgehead atoms. The molecule has 3 rings (SSSR count). The largest absolute Gasteiger partial charge is 0.476 e. The molecule has 7 nitrogen and oxygen atoms in total. The minimum Gasteiger partial charge on any atom is -0.476 e. The van der Waals surface area contributed by atoms with E-state index in [1.807, 2.05) is 11.4 Å². The lowest BCUT2D eigenvalue weighted by molar-refractivity contribution is 0.0691. The number of carbonyl (C=O) groups is 1. The summed E-state index contributed by atoms with van der Waals surface area (Å²) >= 11 is 4.96. The van der Waals surface area contributed by atoms with Crippen LogP contribution in [0.4, 0.5) is 0 Å². The number of aryl methyl sites for hydroxylation is 1. The van der Waals surface area contributed by atoms with Gasteiger partial charge in [-0.15, -0.1) is 16.4 Å². The maximum Gasteiger partial charge on any atom is 0.358 e. The van der Waals surface area contributed by atoms with Crippen LogP contribution in [-0.4, -0.2) is 35.6 Å². The van der Waals surface area contributed by atoms with Crippen molar-refractivity contribution in [2.24, 2.45) is 7.05 Å². The minimum absolute atomic E-state index is 0.0973. The van der Waals surface area contributed by atoms with E-state index in [0.29, 0.717) is 18.1 Å². The molecule has 0 fully saturated rings. The molecule has 3 aromatic heterocycles. The second-order valence-electron chi connectivity index (χ2n) is 4.34. The van der Waals surface area contributed by atoms with Gasteiger partial charge in [-0.05, 0) is 22.0 Å². The fourth-order valence-electron chi connectivity index (χ4n) is 1.97. The fourth-order valence-corrected chi connectivity index (χ4v) is 3.40. The van der Waals surface area contributed by atoms with Crippen molar-refractivity contribution in [2.75, 3.05) is 0 Å². The van der Waals surface area contributed by atoms with Crippen LogP contribution in [0.25, 0.3) is 11.5 Å². The molecule has 0 unspecified atom stereocenters. The smallest absolute Gasteiger partial charge is 0.358 e. The molecule has 0 aliphatic heterocycles. The summed E-state index contributed by atoms with van der Waals surface area (Å²) in [5.41, 5.74) is 0.305. The highest BCUT2D eigenvalue weighted by Gasteiger charge is 2.23. The monoisotopic (exact) mass is 367 g/mol. The summed E-state index contributed by atoms with van der Waals surface area (Å²) in [7, 11) is 1.80. The molecular weight excluding hydrogens is 358 g/mol. The normalized spacial score (nSPS) is 11.0. The fraction of sp³-hybridized carbons (Fsp3) is 0.167. The van der Waals surface area contributed by atoms with Crippen molar-refractivity contribution in [3.05, 3.63) is 38.9 Å². The number of nitrogens with zero attached hydrogens (tertiary/aromatic N) is 5. The summed E-state index contributed by atoms with van der Waals surface area (Å²) in [5.74, 6) is -0.598. The highest BCUT2D eigenvalue weighted by Crippen LogP contribution is 2.24. The third-order valence-corrected chi connectivity index (χ3v) is 4.58. The van der Waals surface area contributed by atoms with E-state index in [9.17, 15) is 9.90 Å². The van der Waals surface area contributed by atoms with Crippen LogP contribution in [-0.2, 0) is 13.6 Å². The van der Waals surface area contributed by atoms with Gasteiger partial charge in [-0.25, -0.2) is 14.5 Å². The molecular formula is C12H10BrN5O2S. The van der Waals surface area contributed by atoms with Gasteiger partial charge in [0.25, 0.3) is 0 Å². The number of hydrogen-bond acceptors (Lipinski definition) is 5. The number of hydrogen-bond donors (Lipinski definition) is 1. The SMILES string of the molecule is Cn1ccnc1-c1c(C(=O)O)nnn1Cc1cc(Br)cs1. The van der Waals surface area contributed by atoms with Crippen molar-refractivity contribution in [1.82, 2.24) is 24.5 Å². The van der Waals surface area contributed by atoms with Crippen molar-refractivity contribution in [1.29, 1.82) is 0 Å². The van der Waals surface area contributed by atoms with Crippen LogP contribution in [0.2, 0.25) is 0 Å². The molecule has 0 saturated heterocycles. The first kappa shape index (κ1) is 14.0. The molecule has 21 heavy (non-hydrogen) atoms. The van der Waals surface area contributed by atoms with Crippen LogP contribution in [0.3, 0.4) is 0 Å². The maximum atomic E-state index is 11.3. The van der Waals surface area contributed by atoms with E-state index < -0.39 is 5.97 Å². The molecule has 0 radical (unpaired) electrons. The Kier molecular flexibility index (Phi) is 3.60. The van der Waals surface area contributed by atoms with Crippen molar-refractivity contribution in [3.63, 3.8) is 0 Å². The van der Waals surface area contributed by atoms with Crippen LogP contribution in [0.1, 0.15) is 15.4 Å². The van der Waals surface area contributed by atoms with Crippen molar-refractivity contribution >= 4 is 33.2 Å². The molecule has 0 atom stereocenters. The number of carboxylic acid groups (broad SMARTS) is 1. The van der Waals surface area contributed by atoms with E-state index in [1.165, 1.54) is 0 Å². The van der Waals surface area contributed by atoms with Crippen LogP contribution < -0.4 is 0 Å². The molecule has 0 amide bonds. The Labute approximate surface area is 132 Å². The average molecular weight is 368 g/mol. The van der Waals surface area contributed by atoms with Crippen LogP contribution >= 0.6 is 27.3 Å². The number of thiophene rings is 1. The summed E-state index contributed by atoms with van der Waals surface area (Å²) < 4.78 is 4.29. The number of rotatable bonds is 4. The third-order valence-electron chi connectivity index (χ3n) is 2.90. The first-order chi connectivity index (χ1) is 10.1. The summed E-state index contributed by atoms with van der Waals surface area (Å²) in [6.45, 7) is 0.443. The zero-order chi connectivity index (χ0) is 15.0. The predicted molar refractivity (Wildman–Crippen MR) is 80.3 cm³/mol. The molecule has 0 aliphatic carbocycles. The van der Waals surface area contributed by atoms with E-state index >= 15 is 0 Å². The Bertz CT molecular complexity index is 806. The van der Waals surface area contributed by atoms with E-state index in [4.69, 9.17) is 0 Å². The van der Waals surface area contributed by atoms with E-state index in [1.54, 1.807) is 40.0 Å². The number of halogens is 1. The maximum absolute atomic E-state index is 11.3. The summed E-state index contributed by atoms with van der Waals surface area (Å²) in [6, 6.07) is 1.97. The van der Waals surface area contributed by atoms with E-state index in [-0.39, 0.29) is 5.69 Å². The molecule has 9 heteroatoms. The molecule has 0 spiro atoms. The minimum atomic E-state index is -1.12. The molecule has 1 N–H and O–H groups in total. The zero-order valence-corrected chi connectivity index (χ0v) is 13.3. The van der Waals surface area contributed by atoms with Gasteiger partial charge in [0.05, 0.1) is 6.54 Å². The Hall–Kier alpha value is -2.00. The summed E-state index contributed by atoms with van der Waals surface area (Å²) in [6.07, 6.45) is 3.36. The van der Waals surface area contributed by atoms with Gasteiger partial charge in [0.2, 0.25) is 5.69 Å². The van der Waals surface area contributed by atoms with Gasteiger partial charge >= 0.3 is 5.97 Å². The second kappa shape index (κ2) is 5.41. The molecule has 108 valence electrons. The number of aromatic nitrogens is 5. The average Bonchev–Trinajstić information content (AvgIpc) is 3.11. The van der Waals surface area contributed by atoms with E-state index in [2.05, 4.69) is 31.2 Å². The Morgan fingerprint density at radius 1 is 1.52 bits per heavy atom. The van der Waals surface area contributed by atoms with Crippen LogP contribution in [0.5, 0.6) is 0 Å². The second-order valence-corrected chi connectivity index (χ2v) is 6.25. The third kappa shape index (κ3) is 2.61. The zero-order valence-electron chi connectivity index (χ0n) is 10.9. The highest BCUT2D eigenvalue weighted by atomic mass is 79.9. The van der Waals surface area contributed by atoms with Gasteiger partial charge < -0.3 is 9.67 Å². The van der Waals surface area contributed by atoms with Gasteiger partial charge in [-0.3, -0.25) is 0 Å². The number of carboxylic acids is 1. The highest BCUT2D eigenvalue weighted by molar-refractivity contribution is 9.10. The molecule has 3 aromatic rings. The Morgan fingerprint density at radius 3 is 2.90 bits per heavy atom. The van der Waals surface area contributed by atoms with Crippen LogP contribution in [0.15, 0.2) is 28.3 Å². The quantitative estimate of drug-likeness (QED) is 0.764. The number of aromatic carboxylic acids is 1.